The minimum absolute atomic E-state index is 0.000256. The minimum Gasteiger partial charge on any atom is -0.507 e. The molecule has 0 saturated carbocycles. The first-order valence-electron chi connectivity index (χ1n) is 9.24. The number of halogens is 4. The van der Waals surface area contributed by atoms with Crippen molar-refractivity contribution in [2.24, 2.45) is 0 Å². The van der Waals surface area contributed by atoms with Gasteiger partial charge in [-0.2, -0.15) is 18.3 Å². The highest BCUT2D eigenvalue weighted by atomic mass is 35.5. The maximum atomic E-state index is 13.6. The number of ether oxygens (including phenoxy) is 1. The maximum Gasteiger partial charge on any atom is 0.433 e. The number of phenols is 1. The van der Waals surface area contributed by atoms with E-state index in [2.05, 4.69) is 10.2 Å². The van der Waals surface area contributed by atoms with Gasteiger partial charge in [-0.15, -0.1) is 0 Å². The minimum atomic E-state index is -4.63. The van der Waals surface area contributed by atoms with Crippen LogP contribution in [0.4, 0.5) is 13.2 Å². The predicted octanol–water partition coefficient (Wildman–Crippen LogP) is 6.70. The standard InChI is InChI=1S/C23H16ClF3N2O2/c24-16-8-6-14(7-9-16)13-31-17-10-11-18(19(30)12-17)21-20(15-4-2-1-3-5-15)22(29-28-21)23(25,26)27/h1-12,30H,13H2,(H,28,29). The molecular formula is C23H16ClF3N2O2. The lowest BCUT2D eigenvalue weighted by molar-refractivity contribution is -0.140. The van der Waals surface area contributed by atoms with E-state index in [0.717, 1.165) is 5.56 Å². The molecule has 0 aliphatic carbocycles. The van der Waals surface area contributed by atoms with E-state index in [0.29, 0.717) is 16.3 Å². The zero-order chi connectivity index (χ0) is 22.0. The number of benzene rings is 3. The molecule has 0 radical (unpaired) electrons. The Labute approximate surface area is 180 Å². The predicted molar refractivity (Wildman–Crippen MR) is 112 cm³/mol. The zero-order valence-corrected chi connectivity index (χ0v) is 16.7. The summed E-state index contributed by atoms with van der Waals surface area (Å²) in [7, 11) is 0. The number of phenolic OH excluding ortho intramolecular Hbond substituents is 1. The normalized spacial score (nSPS) is 11.5. The van der Waals surface area contributed by atoms with Crippen LogP contribution in [0.5, 0.6) is 11.5 Å². The van der Waals surface area contributed by atoms with Crippen molar-refractivity contribution in [2.45, 2.75) is 12.8 Å². The summed E-state index contributed by atoms with van der Waals surface area (Å²) in [6, 6.07) is 19.6. The van der Waals surface area contributed by atoms with E-state index in [4.69, 9.17) is 16.3 Å². The van der Waals surface area contributed by atoms with Crippen LogP contribution in [-0.4, -0.2) is 15.3 Å². The summed E-state index contributed by atoms with van der Waals surface area (Å²) in [5.74, 6) is 0.120. The van der Waals surface area contributed by atoms with Crippen molar-refractivity contribution >= 4 is 11.6 Å². The van der Waals surface area contributed by atoms with Gasteiger partial charge >= 0.3 is 6.18 Å². The van der Waals surface area contributed by atoms with Crippen LogP contribution in [0.3, 0.4) is 0 Å². The molecule has 0 saturated heterocycles. The number of hydrogen-bond acceptors (Lipinski definition) is 3. The Morgan fingerprint density at radius 1 is 0.968 bits per heavy atom. The van der Waals surface area contributed by atoms with Crippen LogP contribution in [0.15, 0.2) is 72.8 Å². The summed E-state index contributed by atoms with van der Waals surface area (Å²) in [4.78, 5) is 0. The van der Waals surface area contributed by atoms with Crippen molar-refractivity contribution < 1.29 is 23.0 Å². The summed E-state index contributed by atoms with van der Waals surface area (Å²) >= 11 is 5.86. The lowest BCUT2D eigenvalue weighted by Gasteiger charge is -2.11. The summed E-state index contributed by atoms with van der Waals surface area (Å²) in [6.07, 6.45) is -4.63. The van der Waals surface area contributed by atoms with Crippen molar-refractivity contribution in [1.82, 2.24) is 10.2 Å². The summed E-state index contributed by atoms with van der Waals surface area (Å²) in [5.41, 5.74) is 0.265. The van der Waals surface area contributed by atoms with Crippen molar-refractivity contribution in [3.05, 3.63) is 89.1 Å². The van der Waals surface area contributed by atoms with E-state index in [-0.39, 0.29) is 29.2 Å². The van der Waals surface area contributed by atoms with Crippen LogP contribution in [0.2, 0.25) is 5.02 Å². The molecule has 0 fully saturated rings. The molecule has 0 atom stereocenters. The molecule has 0 amide bonds. The number of hydrogen-bond donors (Lipinski definition) is 2. The van der Waals surface area contributed by atoms with E-state index < -0.39 is 11.9 Å². The van der Waals surface area contributed by atoms with E-state index >= 15 is 0 Å². The van der Waals surface area contributed by atoms with E-state index in [1.807, 2.05) is 12.1 Å². The number of H-pyrrole nitrogens is 1. The van der Waals surface area contributed by atoms with Crippen LogP contribution in [0.25, 0.3) is 22.4 Å². The molecule has 4 rings (SSSR count). The molecule has 158 valence electrons. The van der Waals surface area contributed by atoms with Crippen LogP contribution in [-0.2, 0) is 12.8 Å². The molecule has 1 heterocycles. The largest absolute Gasteiger partial charge is 0.507 e. The van der Waals surface area contributed by atoms with Crippen molar-refractivity contribution in [2.75, 3.05) is 0 Å². The maximum absolute atomic E-state index is 13.6. The number of rotatable bonds is 5. The lowest BCUT2D eigenvalue weighted by Crippen LogP contribution is -2.07. The van der Waals surface area contributed by atoms with Crippen molar-refractivity contribution in [3.63, 3.8) is 0 Å². The van der Waals surface area contributed by atoms with E-state index in [1.165, 1.54) is 12.1 Å². The van der Waals surface area contributed by atoms with Crippen LogP contribution in [0, 0.1) is 0 Å². The second kappa shape index (κ2) is 8.35. The summed E-state index contributed by atoms with van der Waals surface area (Å²) in [5, 5.41) is 17.1. The average molecular weight is 445 g/mol. The number of aromatic hydroxyl groups is 1. The first-order chi connectivity index (χ1) is 14.8. The Kier molecular flexibility index (Phi) is 5.61. The first-order valence-corrected chi connectivity index (χ1v) is 9.62. The van der Waals surface area contributed by atoms with Crippen LogP contribution < -0.4 is 4.74 Å². The van der Waals surface area contributed by atoms with Gasteiger partial charge in [0.15, 0.2) is 0 Å². The van der Waals surface area contributed by atoms with Gasteiger partial charge in [-0.25, -0.2) is 0 Å². The smallest absolute Gasteiger partial charge is 0.433 e. The molecule has 2 N–H and O–H groups in total. The van der Waals surface area contributed by atoms with Crippen LogP contribution in [0.1, 0.15) is 11.3 Å². The van der Waals surface area contributed by atoms with E-state index in [9.17, 15) is 18.3 Å². The van der Waals surface area contributed by atoms with Gasteiger partial charge < -0.3 is 9.84 Å². The number of nitrogens with zero attached hydrogens (tertiary/aromatic N) is 1. The van der Waals surface area contributed by atoms with Crippen molar-refractivity contribution in [1.29, 1.82) is 0 Å². The monoisotopic (exact) mass is 444 g/mol. The van der Waals surface area contributed by atoms with Gasteiger partial charge in [-0.3, -0.25) is 5.10 Å². The number of aromatic amines is 1. The molecule has 4 nitrogen and oxygen atoms in total. The molecule has 0 unspecified atom stereocenters. The third-order valence-corrected chi connectivity index (χ3v) is 4.91. The number of nitrogens with one attached hydrogen (secondary N) is 1. The quantitative estimate of drug-likeness (QED) is 0.360. The second-order valence-corrected chi connectivity index (χ2v) is 7.22. The summed E-state index contributed by atoms with van der Waals surface area (Å²) in [6.45, 7) is 0.242. The fourth-order valence-corrected chi connectivity index (χ4v) is 3.30. The molecule has 0 bridgehead atoms. The third kappa shape index (κ3) is 4.51. The Morgan fingerprint density at radius 2 is 1.68 bits per heavy atom. The highest BCUT2D eigenvalue weighted by molar-refractivity contribution is 6.30. The Morgan fingerprint density at radius 3 is 2.32 bits per heavy atom. The summed E-state index contributed by atoms with van der Waals surface area (Å²) < 4.78 is 46.3. The fraction of sp³-hybridized carbons (Fsp3) is 0.0870. The zero-order valence-electron chi connectivity index (χ0n) is 15.9. The molecule has 0 aliphatic heterocycles. The highest BCUT2D eigenvalue weighted by Gasteiger charge is 2.38. The molecule has 4 aromatic rings. The molecule has 0 spiro atoms. The van der Waals surface area contributed by atoms with Gasteiger partial charge in [0.05, 0.1) is 0 Å². The Bertz CT molecular complexity index is 1190. The average Bonchev–Trinajstić information content (AvgIpc) is 3.19. The van der Waals surface area contributed by atoms with Gasteiger partial charge in [0, 0.05) is 22.2 Å². The van der Waals surface area contributed by atoms with Gasteiger partial charge in [0.25, 0.3) is 0 Å². The number of aromatic nitrogens is 2. The number of alkyl halides is 3. The Balaban J connectivity index is 1.67. The van der Waals surface area contributed by atoms with Gasteiger partial charge in [0.2, 0.25) is 0 Å². The highest BCUT2D eigenvalue weighted by Crippen LogP contribution is 2.43. The molecule has 8 heteroatoms. The fourth-order valence-electron chi connectivity index (χ4n) is 3.18. The lowest BCUT2D eigenvalue weighted by atomic mass is 9.98. The molecule has 31 heavy (non-hydrogen) atoms. The van der Waals surface area contributed by atoms with Crippen molar-refractivity contribution in [3.8, 4) is 33.9 Å². The molecule has 3 aromatic carbocycles. The van der Waals surface area contributed by atoms with Crippen LogP contribution >= 0.6 is 11.6 Å². The van der Waals surface area contributed by atoms with Gasteiger partial charge in [-0.05, 0) is 35.4 Å². The van der Waals surface area contributed by atoms with E-state index in [1.54, 1.807) is 48.5 Å². The Hall–Kier alpha value is -3.45. The molecule has 0 aliphatic rings. The van der Waals surface area contributed by atoms with Gasteiger partial charge in [-0.1, -0.05) is 54.1 Å². The first kappa shape index (κ1) is 20.8. The molecular weight excluding hydrogens is 429 g/mol. The topological polar surface area (TPSA) is 58.1 Å². The molecule has 1 aromatic heterocycles. The second-order valence-electron chi connectivity index (χ2n) is 6.78. The van der Waals surface area contributed by atoms with Gasteiger partial charge in [0.1, 0.15) is 29.5 Å². The SMILES string of the molecule is Oc1cc(OCc2ccc(Cl)cc2)ccc1-c1n[nH]c(C(F)(F)F)c1-c1ccccc1. The third-order valence-electron chi connectivity index (χ3n) is 4.66.